The maximum absolute atomic E-state index is 13.5. The second kappa shape index (κ2) is 6.70. The first-order chi connectivity index (χ1) is 13.0. The fraction of sp³-hybridized carbons (Fsp3) is 0.368. The van der Waals surface area contributed by atoms with Gasteiger partial charge in [0.05, 0.1) is 11.1 Å². The number of pyridine rings is 1. The molecule has 1 saturated carbocycles. The highest BCUT2D eigenvalue weighted by Crippen LogP contribution is 2.36. The van der Waals surface area contributed by atoms with E-state index in [9.17, 15) is 14.3 Å². The minimum Gasteiger partial charge on any atom is -0.388 e. The molecule has 0 bridgehead atoms. The third-order valence-electron chi connectivity index (χ3n) is 5.12. The fourth-order valence-corrected chi connectivity index (χ4v) is 3.60. The molecule has 27 heavy (non-hydrogen) atoms. The topological polar surface area (TPSA) is 92.9 Å². The zero-order valence-corrected chi connectivity index (χ0v) is 15.1. The first-order valence-corrected chi connectivity index (χ1v) is 8.83. The molecule has 0 aliphatic heterocycles. The Balaban J connectivity index is 1.48. The molecule has 1 fully saturated rings. The molecule has 140 valence electrons. The number of aromatic nitrogens is 4. The number of aryl methyl sites for hydroxylation is 1. The van der Waals surface area contributed by atoms with Crippen LogP contribution in [0.15, 0.2) is 24.3 Å². The molecule has 7 nitrogen and oxygen atoms in total. The van der Waals surface area contributed by atoms with Gasteiger partial charge >= 0.3 is 0 Å². The standard InChI is InChI=1S/C19H20FN5O2/c1-10-5-15(14-4-3-12(20)8-16(14)21-10)19(27)22-13-6-11(7-13)18-24-23-17(9-26)25(18)2/h3-5,8,11,13,26H,6-7,9H2,1-2H3,(H,22,27). The summed E-state index contributed by atoms with van der Waals surface area (Å²) in [5.41, 5.74) is 1.64. The molecular weight excluding hydrogens is 349 g/mol. The van der Waals surface area contributed by atoms with Crippen molar-refractivity contribution in [2.75, 3.05) is 0 Å². The summed E-state index contributed by atoms with van der Waals surface area (Å²) in [7, 11) is 1.83. The average molecular weight is 369 g/mol. The van der Waals surface area contributed by atoms with Gasteiger partial charge in [0.2, 0.25) is 0 Å². The Kier molecular flexibility index (Phi) is 4.35. The molecule has 2 aromatic heterocycles. The Morgan fingerprint density at radius 3 is 2.81 bits per heavy atom. The van der Waals surface area contributed by atoms with Crippen LogP contribution in [0.1, 0.15) is 46.5 Å². The highest BCUT2D eigenvalue weighted by molar-refractivity contribution is 6.06. The molecule has 2 N–H and O–H groups in total. The Labute approximate surface area is 155 Å². The lowest BCUT2D eigenvalue weighted by molar-refractivity contribution is 0.0908. The van der Waals surface area contributed by atoms with Crippen molar-refractivity contribution in [1.29, 1.82) is 0 Å². The minimum atomic E-state index is -0.375. The zero-order valence-electron chi connectivity index (χ0n) is 15.1. The number of amides is 1. The van der Waals surface area contributed by atoms with Crippen LogP contribution in [0, 0.1) is 12.7 Å². The fourth-order valence-electron chi connectivity index (χ4n) is 3.60. The van der Waals surface area contributed by atoms with Crippen molar-refractivity contribution in [3.63, 3.8) is 0 Å². The molecule has 1 amide bonds. The number of hydrogen-bond donors (Lipinski definition) is 2. The molecule has 2 heterocycles. The number of carbonyl (C=O) groups excluding carboxylic acids is 1. The van der Waals surface area contributed by atoms with E-state index in [-0.39, 0.29) is 30.3 Å². The van der Waals surface area contributed by atoms with Gasteiger partial charge in [0.25, 0.3) is 5.91 Å². The number of nitrogens with zero attached hydrogens (tertiary/aromatic N) is 4. The van der Waals surface area contributed by atoms with E-state index in [1.807, 2.05) is 7.05 Å². The summed E-state index contributed by atoms with van der Waals surface area (Å²) in [6.45, 7) is 1.64. The number of nitrogens with one attached hydrogen (secondary N) is 1. The van der Waals surface area contributed by atoms with Crippen molar-refractivity contribution in [3.05, 3.63) is 53.0 Å². The quantitative estimate of drug-likeness (QED) is 0.734. The maximum Gasteiger partial charge on any atom is 0.252 e. The molecule has 4 rings (SSSR count). The summed E-state index contributed by atoms with van der Waals surface area (Å²) >= 11 is 0. The molecule has 0 atom stereocenters. The number of aliphatic hydroxyl groups excluding tert-OH is 1. The van der Waals surface area contributed by atoms with E-state index < -0.39 is 0 Å². The summed E-state index contributed by atoms with van der Waals surface area (Å²) in [5.74, 6) is 1.00. The first-order valence-electron chi connectivity index (χ1n) is 8.83. The number of hydrogen-bond acceptors (Lipinski definition) is 5. The first kappa shape index (κ1) is 17.5. The van der Waals surface area contributed by atoms with Crippen molar-refractivity contribution in [1.82, 2.24) is 25.1 Å². The molecule has 0 unspecified atom stereocenters. The third kappa shape index (κ3) is 3.16. The van der Waals surface area contributed by atoms with Gasteiger partial charge in [-0.2, -0.15) is 0 Å². The summed E-state index contributed by atoms with van der Waals surface area (Å²) < 4.78 is 15.3. The third-order valence-corrected chi connectivity index (χ3v) is 5.12. The number of halogens is 1. The van der Waals surface area contributed by atoms with Gasteiger partial charge in [-0.05, 0) is 38.0 Å². The number of rotatable bonds is 4. The normalized spacial score (nSPS) is 19.1. The highest BCUT2D eigenvalue weighted by atomic mass is 19.1. The second-order valence-electron chi connectivity index (χ2n) is 7.00. The molecule has 1 aliphatic carbocycles. The largest absolute Gasteiger partial charge is 0.388 e. The van der Waals surface area contributed by atoms with Crippen LogP contribution in [0.2, 0.25) is 0 Å². The van der Waals surface area contributed by atoms with Crippen LogP contribution in [0.3, 0.4) is 0 Å². The Bertz CT molecular complexity index is 1020. The van der Waals surface area contributed by atoms with Gasteiger partial charge < -0.3 is 15.0 Å². The van der Waals surface area contributed by atoms with E-state index >= 15 is 0 Å². The van der Waals surface area contributed by atoms with Gasteiger partial charge in [0.1, 0.15) is 18.2 Å². The van der Waals surface area contributed by atoms with E-state index in [1.165, 1.54) is 12.1 Å². The molecule has 0 saturated heterocycles. The van der Waals surface area contributed by atoms with Crippen LogP contribution in [0.4, 0.5) is 4.39 Å². The molecule has 1 aromatic carbocycles. The van der Waals surface area contributed by atoms with E-state index in [1.54, 1.807) is 23.6 Å². The Morgan fingerprint density at radius 2 is 2.11 bits per heavy atom. The lowest BCUT2D eigenvalue weighted by Crippen LogP contribution is -2.44. The van der Waals surface area contributed by atoms with E-state index in [0.29, 0.717) is 28.0 Å². The lowest BCUT2D eigenvalue weighted by Gasteiger charge is -2.35. The smallest absolute Gasteiger partial charge is 0.252 e. The van der Waals surface area contributed by atoms with Crippen molar-refractivity contribution in [2.45, 2.75) is 38.3 Å². The summed E-state index contributed by atoms with van der Waals surface area (Å²) in [5, 5.41) is 21.0. The predicted molar refractivity (Wildman–Crippen MR) is 96.6 cm³/mol. The van der Waals surface area contributed by atoms with Gasteiger partial charge in [-0.1, -0.05) is 0 Å². The zero-order chi connectivity index (χ0) is 19.1. The van der Waals surface area contributed by atoms with Crippen LogP contribution < -0.4 is 5.32 Å². The van der Waals surface area contributed by atoms with Crippen molar-refractivity contribution >= 4 is 16.8 Å². The van der Waals surface area contributed by atoms with Gasteiger partial charge in [0.15, 0.2) is 5.82 Å². The number of carbonyl (C=O) groups is 1. The van der Waals surface area contributed by atoms with Crippen LogP contribution in [-0.4, -0.2) is 36.8 Å². The number of aliphatic hydroxyl groups is 1. The summed E-state index contributed by atoms with van der Waals surface area (Å²) in [4.78, 5) is 17.1. The molecule has 3 aromatic rings. The van der Waals surface area contributed by atoms with E-state index in [4.69, 9.17) is 0 Å². The monoisotopic (exact) mass is 369 g/mol. The van der Waals surface area contributed by atoms with E-state index in [2.05, 4.69) is 20.5 Å². The SMILES string of the molecule is Cc1cc(C(=O)NC2CC(c3nnc(CO)n3C)C2)c2ccc(F)cc2n1. The molecule has 0 spiro atoms. The average Bonchev–Trinajstić information content (AvgIpc) is 2.96. The predicted octanol–water partition coefficient (Wildman–Crippen LogP) is 1.98. The highest BCUT2D eigenvalue weighted by Gasteiger charge is 2.35. The summed E-state index contributed by atoms with van der Waals surface area (Å²) in [6, 6.07) is 6.03. The van der Waals surface area contributed by atoms with Crippen LogP contribution in [0.5, 0.6) is 0 Å². The van der Waals surface area contributed by atoms with Crippen molar-refractivity contribution < 1.29 is 14.3 Å². The van der Waals surface area contributed by atoms with E-state index in [0.717, 1.165) is 18.7 Å². The van der Waals surface area contributed by atoms with Crippen LogP contribution in [-0.2, 0) is 13.7 Å². The molecule has 1 aliphatic rings. The van der Waals surface area contributed by atoms with Crippen LogP contribution in [0.25, 0.3) is 10.9 Å². The van der Waals surface area contributed by atoms with Crippen molar-refractivity contribution in [2.24, 2.45) is 7.05 Å². The maximum atomic E-state index is 13.5. The Morgan fingerprint density at radius 1 is 1.33 bits per heavy atom. The summed E-state index contributed by atoms with van der Waals surface area (Å²) in [6.07, 6.45) is 1.53. The molecule has 8 heteroatoms. The van der Waals surface area contributed by atoms with Gasteiger partial charge in [-0.25, -0.2) is 4.39 Å². The van der Waals surface area contributed by atoms with Crippen LogP contribution >= 0.6 is 0 Å². The second-order valence-corrected chi connectivity index (χ2v) is 7.00. The van der Waals surface area contributed by atoms with Gasteiger partial charge in [0, 0.05) is 36.2 Å². The number of benzene rings is 1. The lowest BCUT2D eigenvalue weighted by atomic mass is 9.79. The molecular formula is C19H20FN5O2. The number of fused-ring (bicyclic) bond motifs is 1. The Hall–Kier alpha value is -2.87. The van der Waals surface area contributed by atoms with Crippen molar-refractivity contribution in [3.8, 4) is 0 Å². The molecule has 0 radical (unpaired) electrons. The minimum absolute atomic E-state index is 0.0424. The van der Waals surface area contributed by atoms with Gasteiger partial charge in [-0.15, -0.1) is 10.2 Å². The van der Waals surface area contributed by atoms with Gasteiger partial charge in [-0.3, -0.25) is 9.78 Å².